The first-order valence-corrected chi connectivity index (χ1v) is 4.78. The van der Waals surface area contributed by atoms with E-state index in [2.05, 4.69) is 0 Å². The van der Waals surface area contributed by atoms with Crippen molar-refractivity contribution in [3.8, 4) is 0 Å². The number of aryl methyl sites for hydroxylation is 1. The number of rotatable bonds is 1. The lowest BCUT2D eigenvalue weighted by Gasteiger charge is -2.38. The van der Waals surface area contributed by atoms with Gasteiger partial charge in [0.1, 0.15) is 0 Å². The van der Waals surface area contributed by atoms with Crippen molar-refractivity contribution in [2.45, 2.75) is 31.7 Å². The first-order valence-electron chi connectivity index (χ1n) is 4.78. The van der Waals surface area contributed by atoms with Crippen LogP contribution in [0.2, 0.25) is 0 Å². The van der Waals surface area contributed by atoms with Crippen LogP contribution in [-0.2, 0) is 5.54 Å². The molecule has 0 saturated heterocycles. The molecule has 14 heavy (non-hydrogen) atoms. The monoisotopic (exact) mass is 197 g/mol. The van der Waals surface area contributed by atoms with Gasteiger partial charge in [0.2, 0.25) is 0 Å². The zero-order valence-electron chi connectivity index (χ0n) is 8.11. The van der Waals surface area contributed by atoms with Crippen molar-refractivity contribution in [2.24, 2.45) is 5.73 Å². The predicted octanol–water partition coefficient (Wildman–Crippen LogP) is 2.61. The van der Waals surface area contributed by atoms with Crippen LogP contribution in [0.15, 0.2) is 12.1 Å². The van der Waals surface area contributed by atoms with E-state index in [9.17, 15) is 8.78 Å². The summed E-state index contributed by atoms with van der Waals surface area (Å²) in [6.07, 6.45) is 2.48. The molecule has 0 spiro atoms. The molecule has 0 unspecified atom stereocenters. The Balaban J connectivity index is 2.49. The van der Waals surface area contributed by atoms with E-state index in [0.29, 0.717) is 11.1 Å². The Morgan fingerprint density at radius 3 is 2.36 bits per heavy atom. The van der Waals surface area contributed by atoms with E-state index in [0.717, 1.165) is 19.3 Å². The molecule has 76 valence electrons. The number of benzene rings is 1. The minimum atomic E-state index is -0.771. The maximum absolute atomic E-state index is 13.5. The van der Waals surface area contributed by atoms with Gasteiger partial charge >= 0.3 is 0 Å². The van der Waals surface area contributed by atoms with E-state index >= 15 is 0 Å². The summed E-state index contributed by atoms with van der Waals surface area (Å²) >= 11 is 0. The molecule has 1 aliphatic rings. The minimum Gasteiger partial charge on any atom is -0.321 e. The molecule has 0 aromatic heterocycles. The molecule has 1 saturated carbocycles. The molecule has 0 aliphatic heterocycles. The van der Waals surface area contributed by atoms with Gasteiger partial charge in [-0.3, -0.25) is 0 Å². The Kier molecular flexibility index (Phi) is 2.07. The Labute approximate surface area is 81.9 Å². The van der Waals surface area contributed by atoms with Gasteiger partial charge in [0.25, 0.3) is 0 Å². The average molecular weight is 197 g/mol. The fourth-order valence-corrected chi connectivity index (χ4v) is 1.86. The highest BCUT2D eigenvalue weighted by molar-refractivity contribution is 5.32. The summed E-state index contributed by atoms with van der Waals surface area (Å²) in [5.74, 6) is -1.54. The van der Waals surface area contributed by atoms with Crippen LogP contribution in [0.25, 0.3) is 0 Å². The second kappa shape index (κ2) is 3.02. The van der Waals surface area contributed by atoms with Crippen LogP contribution >= 0.6 is 0 Å². The quantitative estimate of drug-likeness (QED) is 0.735. The Bertz CT molecular complexity index is 370. The van der Waals surface area contributed by atoms with Gasteiger partial charge in [-0.05, 0) is 31.7 Å². The Morgan fingerprint density at radius 2 is 1.86 bits per heavy atom. The molecule has 0 atom stereocenters. The third-order valence-corrected chi connectivity index (χ3v) is 3.06. The lowest BCUT2D eigenvalue weighted by Crippen LogP contribution is -2.44. The molecule has 0 heterocycles. The molecule has 1 aliphatic carbocycles. The summed E-state index contributed by atoms with van der Waals surface area (Å²) in [4.78, 5) is 0. The van der Waals surface area contributed by atoms with Crippen LogP contribution < -0.4 is 5.73 Å². The molecule has 2 N–H and O–H groups in total. The van der Waals surface area contributed by atoms with Crippen LogP contribution in [0.1, 0.15) is 30.4 Å². The highest BCUT2D eigenvalue weighted by atomic mass is 19.2. The van der Waals surface area contributed by atoms with Crippen LogP contribution in [0.5, 0.6) is 0 Å². The molecule has 0 bridgehead atoms. The second-order valence-corrected chi connectivity index (χ2v) is 4.07. The molecular weight excluding hydrogens is 184 g/mol. The molecule has 3 heteroatoms. The standard InChI is InChI=1S/C11H13F2N/c1-7-3-4-8(10(13)9(7)12)11(14)5-2-6-11/h3-4H,2,5-6,14H2,1H3. The maximum atomic E-state index is 13.5. The van der Waals surface area contributed by atoms with Gasteiger partial charge in [-0.25, -0.2) is 8.78 Å². The molecule has 1 aromatic carbocycles. The first kappa shape index (κ1) is 9.59. The van der Waals surface area contributed by atoms with Crippen LogP contribution in [0, 0.1) is 18.6 Å². The summed E-state index contributed by atoms with van der Waals surface area (Å²) in [6, 6.07) is 3.19. The zero-order chi connectivity index (χ0) is 10.3. The number of hydrogen-bond acceptors (Lipinski definition) is 1. The van der Waals surface area contributed by atoms with Crippen molar-refractivity contribution >= 4 is 0 Å². The summed E-state index contributed by atoms with van der Waals surface area (Å²) in [7, 11) is 0. The molecule has 1 nitrogen and oxygen atoms in total. The molecule has 0 amide bonds. The van der Waals surface area contributed by atoms with Gasteiger partial charge in [0.15, 0.2) is 11.6 Å². The second-order valence-electron chi connectivity index (χ2n) is 4.07. The van der Waals surface area contributed by atoms with Gasteiger partial charge in [-0.15, -0.1) is 0 Å². The van der Waals surface area contributed by atoms with Crippen molar-refractivity contribution in [1.29, 1.82) is 0 Å². The fourth-order valence-electron chi connectivity index (χ4n) is 1.86. The maximum Gasteiger partial charge on any atom is 0.164 e. The van der Waals surface area contributed by atoms with Crippen molar-refractivity contribution in [1.82, 2.24) is 0 Å². The van der Waals surface area contributed by atoms with E-state index < -0.39 is 17.2 Å². The predicted molar refractivity (Wildman–Crippen MR) is 50.8 cm³/mol. The lowest BCUT2D eigenvalue weighted by molar-refractivity contribution is 0.242. The SMILES string of the molecule is Cc1ccc(C2(N)CCC2)c(F)c1F. The smallest absolute Gasteiger partial charge is 0.164 e. The van der Waals surface area contributed by atoms with Crippen molar-refractivity contribution < 1.29 is 8.78 Å². The molecular formula is C11H13F2N. The molecule has 2 rings (SSSR count). The number of nitrogens with two attached hydrogens (primary N) is 1. The summed E-state index contributed by atoms with van der Waals surface area (Å²) < 4.78 is 26.8. The third kappa shape index (κ3) is 1.23. The van der Waals surface area contributed by atoms with Crippen LogP contribution in [-0.4, -0.2) is 0 Å². The number of halogens is 2. The van der Waals surface area contributed by atoms with Gasteiger partial charge in [-0.2, -0.15) is 0 Å². The number of hydrogen-bond donors (Lipinski definition) is 1. The van der Waals surface area contributed by atoms with E-state index in [-0.39, 0.29) is 0 Å². The van der Waals surface area contributed by atoms with Gasteiger partial charge < -0.3 is 5.73 Å². The summed E-state index contributed by atoms with van der Waals surface area (Å²) in [5, 5.41) is 0. The van der Waals surface area contributed by atoms with Gasteiger partial charge in [0, 0.05) is 11.1 Å². The highest BCUT2D eigenvalue weighted by Crippen LogP contribution is 2.40. The van der Waals surface area contributed by atoms with Crippen molar-refractivity contribution in [3.05, 3.63) is 34.9 Å². The zero-order valence-corrected chi connectivity index (χ0v) is 8.11. The Hall–Kier alpha value is -0.960. The van der Waals surface area contributed by atoms with E-state index in [1.807, 2.05) is 0 Å². The Morgan fingerprint density at radius 1 is 1.21 bits per heavy atom. The van der Waals surface area contributed by atoms with Crippen molar-refractivity contribution in [3.63, 3.8) is 0 Å². The normalized spacial score (nSPS) is 19.1. The van der Waals surface area contributed by atoms with Crippen LogP contribution in [0.4, 0.5) is 8.78 Å². The summed E-state index contributed by atoms with van der Waals surface area (Å²) in [5.41, 5.74) is 5.96. The topological polar surface area (TPSA) is 26.0 Å². The minimum absolute atomic E-state index is 0.326. The van der Waals surface area contributed by atoms with Crippen molar-refractivity contribution in [2.75, 3.05) is 0 Å². The van der Waals surface area contributed by atoms with Gasteiger partial charge in [0.05, 0.1) is 0 Å². The van der Waals surface area contributed by atoms with Crippen LogP contribution in [0.3, 0.4) is 0 Å². The fraction of sp³-hybridized carbons (Fsp3) is 0.455. The lowest BCUT2D eigenvalue weighted by atomic mass is 9.72. The molecule has 0 radical (unpaired) electrons. The van der Waals surface area contributed by atoms with E-state index in [1.54, 1.807) is 19.1 Å². The molecule has 1 aromatic rings. The highest BCUT2D eigenvalue weighted by Gasteiger charge is 2.37. The van der Waals surface area contributed by atoms with Gasteiger partial charge in [-0.1, -0.05) is 12.1 Å². The third-order valence-electron chi connectivity index (χ3n) is 3.06. The summed E-state index contributed by atoms with van der Waals surface area (Å²) in [6.45, 7) is 1.55. The van der Waals surface area contributed by atoms with E-state index in [1.165, 1.54) is 0 Å². The van der Waals surface area contributed by atoms with E-state index in [4.69, 9.17) is 5.73 Å². The molecule has 1 fully saturated rings. The largest absolute Gasteiger partial charge is 0.321 e. The first-order chi connectivity index (χ1) is 6.54. The average Bonchev–Trinajstić information content (AvgIpc) is 2.11.